The lowest BCUT2D eigenvalue weighted by Crippen LogP contribution is -2.21. The molecule has 5 nitrogen and oxygen atoms in total. The van der Waals surface area contributed by atoms with E-state index in [1.54, 1.807) is 0 Å². The highest BCUT2D eigenvalue weighted by Gasteiger charge is 2.04. The summed E-state index contributed by atoms with van der Waals surface area (Å²) in [6.07, 6.45) is 1.90. The van der Waals surface area contributed by atoms with E-state index < -0.39 is 0 Å². The Morgan fingerprint density at radius 2 is 2.00 bits per heavy atom. The number of halogens is 1. The molecule has 92 valence electrons. The predicted molar refractivity (Wildman–Crippen MR) is 68.8 cm³/mol. The van der Waals surface area contributed by atoms with Crippen LogP contribution >= 0.6 is 12.4 Å². The van der Waals surface area contributed by atoms with Crippen molar-refractivity contribution in [3.05, 3.63) is 29.8 Å². The zero-order valence-corrected chi connectivity index (χ0v) is 10.4. The van der Waals surface area contributed by atoms with Crippen LogP contribution in [0.3, 0.4) is 0 Å². The number of hydrogen-bond donors (Lipinski definition) is 2. The second-order valence-corrected chi connectivity index (χ2v) is 3.80. The van der Waals surface area contributed by atoms with Crippen molar-refractivity contribution in [2.75, 3.05) is 0 Å². The van der Waals surface area contributed by atoms with E-state index >= 15 is 0 Å². The van der Waals surface area contributed by atoms with Crippen molar-refractivity contribution in [3.8, 4) is 11.4 Å². The van der Waals surface area contributed by atoms with Crippen LogP contribution in [0.4, 0.5) is 0 Å². The number of aromatic amines is 1. The first-order valence-electron chi connectivity index (χ1n) is 5.38. The molecule has 0 aliphatic carbocycles. The molecule has 1 heterocycles. The number of nitrogens with zero attached hydrogens (tertiary/aromatic N) is 3. The van der Waals surface area contributed by atoms with E-state index in [2.05, 4.69) is 39.7 Å². The molecule has 1 aromatic heterocycles. The largest absolute Gasteiger partial charge is 0.327 e. The monoisotopic (exact) mass is 253 g/mol. The van der Waals surface area contributed by atoms with Gasteiger partial charge in [-0.1, -0.05) is 31.2 Å². The highest BCUT2D eigenvalue weighted by molar-refractivity contribution is 5.85. The number of nitrogens with two attached hydrogens (primary N) is 1. The molecule has 3 N–H and O–H groups in total. The molecule has 2 rings (SSSR count). The standard InChI is InChI=1S/C11H15N5.ClH/c1-2-10(12)7-8-3-5-9(6-4-8)11-13-15-16-14-11;/h3-6,10H,2,7,12H2,1H3,(H,13,14,15,16);1H. The van der Waals surface area contributed by atoms with Gasteiger partial charge >= 0.3 is 0 Å². The van der Waals surface area contributed by atoms with Crippen molar-refractivity contribution in [1.82, 2.24) is 20.6 Å². The van der Waals surface area contributed by atoms with Crippen molar-refractivity contribution in [1.29, 1.82) is 0 Å². The van der Waals surface area contributed by atoms with Crippen molar-refractivity contribution in [2.45, 2.75) is 25.8 Å². The number of tetrazole rings is 1. The van der Waals surface area contributed by atoms with Gasteiger partial charge in [-0.05, 0) is 23.6 Å². The minimum Gasteiger partial charge on any atom is -0.327 e. The minimum absolute atomic E-state index is 0. The molecule has 0 fully saturated rings. The van der Waals surface area contributed by atoms with Crippen LogP contribution in [0.2, 0.25) is 0 Å². The number of H-pyrrole nitrogens is 1. The average Bonchev–Trinajstić information content (AvgIpc) is 2.83. The van der Waals surface area contributed by atoms with Gasteiger partial charge in [0.2, 0.25) is 5.82 Å². The fourth-order valence-electron chi connectivity index (χ4n) is 1.52. The van der Waals surface area contributed by atoms with Crippen LogP contribution in [0.25, 0.3) is 11.4 Å². The molecule has 0 bridgehead atoms. The van der Waals surface area contributed by atoms with E-state index in [1.165, 1.54) is 5.56 Å². The van der Waals surface area contributed by atoms with E-state index in [-0.39, 0.29) is 18.4 Å². The number of nitrogens with one attached hydrogen (secondary N) is 1. The SMILES string of the molecule is CCC(N)Cc1ccc(-c2nn[nH]n2)cc1.Cl. The molecule has 0 saturated heterocycles. The lowest BCUT2D eigenvalue weighted by Gasteiger charge is -2.08. The summed E-state index contributed by atoms with van der Waals surface area (Å²) >= 11 is 0. The summed E-state index contributed by atoms with van der Waals surface area (Å²) in [6.45, 7) is 2.10. The predicted octanol–water partition coefficient (Wildman–Crippen LogP) is 1.57. The first-order valence-corrected chi connectivity index (χ1v) is 5.38. The lowest BCUT2D eigenvalue weighted by atomic mass is 10.0. The molecule has 1 atom stereocenters. The second kappa shape index (κ2) is 6.32. The molecular formula is C11H16ClN5. The Labute approximate surface area is 106 Å². The van der Waals surface area contributed by atoms with Gasteiger partial charge in [-0.25, -0.2) is 0 Å². The van der Waals surface area contributed by atoms with Gasteiger partial charge in [0.15, 0.2) is 0 Å². The molecule has 0 amide bonds. The Balaban J connectivity index is 0.00000144. The molecule has 17 heavy (non-hydrogen) atoms. The third kappa shape index (κ3) is 3.51. The summed E-state index contributed by atoms with van der Waals surface area (Å²) in [5, 5.41) is 13.8. The quantitative estimate of drug-likeness (QED) is 0.867. The molecule has 0 radical (unpaired) electrons. The summed E-state index contributed by atoms with van der Waals surface area (Å²) in [5.74, 6) is 0.617. The van der Waals surface area contributed by atoms with E-state index in [1.807, 2.05) is 12.1 Å². The Morgan fingerprint density at radius 3 is 2.53 bits per heavy atom. The number of aromatic nitrogens is 4. The van der Waals surface area contributed by atoms with Crippen molar-refractivity contribution < 1.29 is 0 Å². The van der Waals surface area contributed by atoms with Gasteiger partial charge in [0, 0.05) is 11.6 Å². The summed E-state index contributed by atoms with van der Waals surface area (Å²) in [5.41, 5.74) is 8.10. The van der Waals surface area contributed by atoms with E-state index in [0.29, 0.717) is 5.82 Å². The Bertz CT molecular complexity index is 426. The molecule has 0 aliphatic heterocycles. The smallest absolute Gasteiger partial charge is 0.204 e. The van der Waals surface area contributed by atoms with Gasteiger partial charge < -0.3 is 5.73 Å². The highest BCUT2D eigenvalue weighted by atomic mass is 35.5. The maximum absolute atomic E-state index is 5.90. The van der Waals surface area contributed by atoms with Crippen LogP contribution in [0.15, 0.2) is 24.3 Å². The van der Waals surface area contributed by atoms with E-state index in [0.717, 1.165) is 18.4 Å². The third-order valence-electron chi connectivity index (χ3n) is 2.58. The first-order chi connectivity index (χ1) is 7.79. The van der Waals surface area contributed by atoms with Crippen LogP contribution in [0.5, 0.6) is 0 Å². The minimum atomic E-state index is 0. The van der Waals surface area contributed by atoms with Crippen LogP contribution in [-0.4, -0.2) is 26.7 Å². The summed E-state index contributed by atoms with van der Waals surface area (Å²) in [4.78, 5) is 0. The summed E-state index contributed by atoms with van der Waals surface area (Å²) in [7, 11) is 0. The molecule has 1 aromatic carbocycles. The number of rotatable bonds is 4. The normalized spacial score (nSPS) is 11.9. The lowest BCUT2D eigenvalue weighted by molar-refractivity contribution is 0.646. The fourth-order valence-corrected chi connectivity index (χ4v) is 1.52. The number of benzene rings is 1. The van der Waals surface area contributed by atoms with Crippen LogP contribution in [0.1, 0.15) is 18.9 Å². The Kier molecular flexibility index (Phi) is 5.06. The van der Waals surface area contributed by atoms with E-state index in [9.17, 15) is 0 Å². The molecule has 2 aromatic rings. The Hall–Kier alpha value is -1.46. The highest BCUT2D eigenvalue weighted by Crippen LogP contribution is 2.14. The zero-order valence-electron chi connectivity index (χ0n) is 9.63. The van der Waals surface area contributed by atoms with Crippen molar-refractivity contribution >= 4 is 12.4 Å². The number of hydrogen-bond acceptors (Lipinski definition) is 4. The molecule has 0 aliphatic rings. The van der Waals surface area contributed by atoms with Crippen LogP contribution < -0.4 is 5.73 Å². The summed E-state index contributed by atoms with van der Waals surface area (Å²) < 4.78 is 0. The molecule has 0 saturated carbocycles. The topological polar surface area (TPSA) is 80.5 Å². The van der Waals surface area contributed by atoms with Gasteiger partial charge in [-0.3, -0.25) is 0 Å². The fraction of sp³-hybridized carbons (Fsp3) is 0.364. The van der Waals surface area contributed by atoms with Gasteiger partial charge in [0.05, 0.1) is 0 Å². The van der Waals surface area contributed by atoms with Gasteiger partial charge in [0.25, 0.3) is 0 Å². The summed E-state index contributed by atoms with van der Waals surface area (Å²) in [6, 6.07) is 8.32. The molecular weight excluding hydrogens is 238 g/mol. The van der Waals surface area contributed by atoms with Crippen LogP contribution in [0, 0.1) is 0 Å². The van der Waals surface area contributed by atoms with Gasteiger partial charge in [-0.15, -0.1) is 22.6 Å². The van der Waals surface area contributed by atoms with Crippen molar-refractivity contribution in [2.24, 2.45) is 5.73 Å². The third-order valence-corrected chi connectivity index (χ3v) is 2.58. The molecule has 0 spiro atoms. The average molecular weight is 254 g/mol. The molecule has 1 unspecified atom stereocenters. The molecule has 6 heteroatoms. The van der Waals surface area contributed by atoms with Crippen LogP contribution in [-0.2, 0) is 6.42 Å². The van der Waals surface area contributed by atoms with Gasteiger partial charge in [-0.2, -0.15) is 5.21 Å². The Morgan fingerprint density at radius 1 is 1.29 bits per heavy atom. The van der Waals surface area contributed by atoms with E-state index in [4.69, 9.17) is 5.73 Å². The van der Waals surface area contributed by atoms with Gasteiger partial charge in [0.1, 0.15) is 0 Å². The maximum Gasteiger partial charge on any atom is 0.204 e. The van der Waals surface area contributed by atoms with Crippen molar-refractivity contribution in [3.63, 3.8) is 0 Å². The first kappa shape index (κ1) is 13.6. The second-order valence-electron chi connectivity index (χ2n) is 3.80. The zero-order chi connectivity index (χ0) is 11.4. The maximum atomic E-state index is 5.90.